The lowest BCUT2D eigenvalue weighted by Crippen LogP contribution is -2.11. The second-order valence-corrected chi connectivity index (χ2v) is 13.6. The lowest BCUT2D eigenvalue weighted by molar-refractivity contribution is 0.288. The molecule has 0 spiro atoms. The van der Waals surface area contributed by atoms with Gasteiger partial charge in [0, 0.05) is 12.3 Å². The van der Waals surface area contributed by atoms with E-state index >= 15 is 0 Å². The zero-order valence-electron chi connectivity index (χ0n) is 24.9. The number of rotatable bonds is 21. The first-order valence-electron chi connectivity index (χ1n) is 14.9. The number of hydrogen-bond donors (Lipinski definition) is 0. The molecule has 2 unspecified atom stereocenters. The van der Waals surface area contributed by atoms with Gasteiger partial charge in [-0.3, -0.25) is 0 Å². The molecule has 38 heavy (non-hydrogen) atoms. The zero-order chi connectivity index (χ0) is 27.6. The lowest BCUT2D eigenvalue weighted by atomic mass is 9.82. The van der Waals surface area contributed by atoms with Crippen LogP contribution < -0.4 is 8.85 Å². The fourth-order valence-electron chi connectivity index (χ4n) is 4.51. The monoisotopic (exact) mass is 553 g/mol. The Bertz CT molecular complexity index is 880. The smallest absolute Gasteiger partial charge is 0.313 e. The van der Waals surface area contributed by atoms with Crippen LogP contribution in [0, 0.1) is 17.3 Å². The predicted octanol–water partition coefficient (Wildman–Crippen LogP) is 9.00. The third-order valence-corrected chi connectivity index (χ3v) is 9.37. The van der Waals surface area contributed by atoms with Crippen molar-refractivity contribution in [2.45, 2.75) is 124 Å². The molecule has 210 valence electrons. The van der Waals surface area contributed by atoms with Gasteiger partial charge < -0.3 is 8.85 Å². The molecule has 2 aromatic heterocycles. The lowest BCUT2D eigenvalue weighted by Gasteiger charge is -2.24. The molecular formula is C31H51N3O2Si2. The number of unbranched alkanes of at least 4 members (excludes halogenated alkanes) is 3. The minimum Gasteiger partial charge on any atom is -0.528 e. The Kier molecular flexibility index (Phi) is 15.8. The van der Waals surface area contributed by atoms with Crippen LogP contribution >= 0.6 is 0 Å². The number of pyridine rings is 1. The molecule has 2 aromatic rings. The van der Waals surface area contributed by atoms with Crippen molar-refractivity contribution in [3.05, 3.63) is 30.5 Å². The molecular weight excluding hydrogens is 503 g/mol. The summed E-state index contributed by atoms with van der Waals surface area (Å²) in [4.78, 5) is 4.47. The number of nitrogens with zero attached hydrogens (tertiary/aromatic N) is 3. The van der Waals surface area contributed by atoms with Crippen LogP contribution in [0.3, 0.4) is 0 Å². The van der Waals surface area contributed by atoms with Crippen LogP contribution in [-0.2, 0) is 0 Å². The average Bonchev–Trinajstić information content (AvgIpc) is 2.92. The molecule has 0 aliphatic carbocycles. The Hall–Kier alpha value is -1.74. The summed E-state index contributed by atoms with van der Waals surface area (Å²) in [5.41, 5.74) is 2.10. The summed E-state index contributed by atoms with van der Waals surface area (Å²) in [6, 6.07) is 9.92. The van der Waals surface area contributed by atoms with Crippen LogP contribution in [0.1, 0.15) is 112 Å². The van der Waals surface area contributed by atoms with E-state index in [0.717, 1.165) is 29.3 Å². The minimum absolute atomic E-state index is 0.403. The third kappa shape index (κ3) is 13.4. The summed E-state index contributed by atoms with van der Waals surface area (Å²) < 4.78 is 12.0. The molecule has 0 aliphatic heterocycles. The van der Waals surface area contributed by atoms with Crippen molar-refractivity contribution < 1.29 is 8.85 Å². The van der Waals surface area contributed by atoms with Gasteiger partial charge in [-0.15, -0.1) is 10.2 Å². The van der Waals surface area contributed by atoms with Gasteiger partial charge in [-0.2, -0.15) is 0 Å². The fourth-order valence-corrected chi connectivity index (χ4v) is 6.14. The molecule has 5 nitrogen and oxygen atoms in total. The highest BCUT2D eigenvalue weighted by molar-refractivity contribution is 6.28. The first-order valence-corrected chi connectivity index (χ1v) is 17.2. The van der Waals surface area contributed by atoms with Crippen molar-refractivity contribution in [1.82, 2.24) is 15.2 Å². The second-order valence-electron chi connectivity index (χ2n) is 11.7. The van der Waals surface area contributed by atoms with Gasteiger partial charge in [0.05, 0.1) is 11.3 Å². The maximum atomic E-state index is 6.09. The van der Waals surface area contributed by atoms with Gasteiger partial charge in [-0.05, 0) is 60.4 Å². The van der Waals surface area contributed by atoms with Crippen LogP contribution in [0.4, 0.5) is 0 Å². The first-order chi connectivity index (χ1) is 18.3. The average molecular weight is 554 g/mol. The largest absolute Gasteiger partial charge is 0.528 e. The number of hydrogen-bond acceptors (Lipinski definition) is 5. The summed E-state index contributed by atoms with van der Waals surface area (Å²) in [6.07, 6.45) is 16.0. The molecule has 0 aromatic carbocycles. The van der Waals surface area contributed by atoms with Gasteiger partial charge in [0.25, 0.3) is 0 Å². The molecule has 0 saturated heterocycles. The molecule has 2 heterocycles. The van der Waals surface area contributed by atoms with Gasteiger partial charge in [-0.25, -0.2) is 4.98 Å². The van der Waals surface area contributed by atoms with E-state index in [1.165, 1.54) is 70.6 Å². The van der Waals surface area contributed by atoms with Gasteiger partial charge in [0.2, 0.25) is 11.8 Å². The molecule has 7 heteroatoms. The predicted molar refractivity (Wildman–Crippen MR) is 162 cm³/mol. The van der Waals surface area contributed by atoms with Crippen LogP contribution in [0.2, 0.25) is 12.1 Å². The molecule has 0 bridgehead atoms. The topological polar surface area (TPSA) is 57.1 Å². The van der Waals surface area contributed by atoms with Crippen LogP contribution in [0.25, 0.3) is 11.3 Å². The third-order valence-electron chi connectivity index (χ3n) is 7.26. The fraction of sp³-hybridized carbons (Fsp3) is 0.710. The zero-order valence-corrected chi connectivity index (χ0v) is 26.9. The minimum atomic E-state index is 0.403. The molecule has 0 amide bonds. The van der Waals surface area contributed by atoms with Gasteiger partial charge >= 0.3 is 19.5 Å². The quantitative estimate of drug-likeness (QED) is 0.114. The van der Waals surface area contributed by atoms with Crippen molar-refractivity contribution >= 4 is 19.5 Å². The Balaban J connectivity index is 1.73. The van der Waals surface area contributed by atoms with Gasteiger partial charge in [0.1, 0.15) is 0 Å². The van der Waals surface area contributed by atoms with E-state index in [1.807, 2.05) is 24.3 Å². The van der Waals surface area contributed by atoms with Crippen LogP contribution in [0.5, 0.6) is 11.8 Å². The summed E-state index contributed by atoms with van der Waals surface area (Å²) in [5.74, 6) is 2.73. The summed E-state index contributed by atoms with van der Waals surface area (Å²) >= 11 is 0. The highest BCUT2D eigenvalue weighted by atomic mass is 28.2. The van der Waals surface area contributed by atoms with Crippen molar-refractivity contribution in [2.75, 3.05) is 0 Å². The van der Waals surface area contributed by atoms with E-state index in [9.17, 15) is 0 Å². The molecule has 2 atom stereocenters. The maximum Gasteiger partial charge on any atom is 0.313 e. The van der Waals surface area contributed by atoms with Crippen LogP contribution in [-0.4, -0.2) is 34.7 Å². The molecule has 2 rings (SSSR count). The standard InChI is InChI=1S/C31H51N3O2Si2/c1-7-9-14-25(3)16-17-26(4)24-38-35-29-19-18-28(33-34-29)27-15-13-22-32-30(27)36-37-23-12-11-21-31(5,6)20-10-8-2/h13,15,18-19,22,25-26H,7-12,14,16-17,20-21,23-24H2,1-6H3. The van der Waals surface area contributed by atoms with Crippen molar-refractivity contribution in [1.29, 1.82) is 0 Å². The van der Waals surface area contributed by atoms with E-state index in [4.69, 9.17) is 8.85 Å². The normalized spacial score (nSPS) is 13.3. The van der Waals surface area contributed by atoms with E-state index in [0.29, 0.717) is 42.6 Å². The van der Waals surface area contributed by atoms with Crippen LogP contribution in [0.15, 0.2) is 30.5 Å². The van der Waals surface area contributed by atoms with Gasteiger partial charge in [-0.1, -0.05) is 99.3 Å². The highest BCUT2D eigenvalue weighted by Gasteiger charge is 2.16. The molecule has 0 fully saturated rings. The Morgan fingerprint density at radius 2 is 1.58 bits per heavy atom. The van der Waals surface area contributed by atoms with Crippen molar-refractivity contribution in [3.8, 4) is 23.0 Å². The second kappa shape index (κ2) is 18.5. The molecule has 4 radical (unpaired) electrons. The molecule has 0 N–H and O–H groups in total. The Labute approximate surface area is 238 Å². The highest BCUT2D eigenvalue weighted by Crippen LogP contribution is 2.30. The molecule has 0 saturated carbocycles. The maximum absolute atomic E-state index is 6.09. The summed E-state index contributed by atoms with van der Waals surface area (Å²) in [7, 11) is 0.815. The summed E-state index contributed by atoms with van der Waals surface area (Å²) in [6.45, 7) is 14.1. The number of aromatic nitrogens is 3. The summed E-state index contributed by atoms with van der Waals surface area (Å²) in [5, 5.41) is 8.74. The van der Waals surface area contributed by atoms with Crippen molar-refractivity contribution in [3.63, 3.8) is 0 Å². The Morgan fingerprint density at radius 1 is 0.816 bits per heavy atom. The van der Waals surface area contributed by atoms with E-state index in [-0.39, 0.29) is 0 Å². The van der Waals surface area contributed by atoms with E-state index < -0.39 is 0 Å². The van der Waals surface area contributed by atoms with E-state index in [1.54, 1.807) is 6.20 Å². The SMILES string of the molecule is CCCCC(C)CCC(C)C[Si]Oc1ccc(-c2cccnc2O[Si]CCCCC(C)(C)CCCC)nn1. The van der Waals surface area contributed by atoms with Crippen molar-refractivity contribution in [2.24, 2.45) is 17.3 Å². The van der Waals surface area contributed by atoms with E-state index in [2.05, 4.69) is 56.7 Å². The molecule has 0 aliphatic rings. The van der Waals surface area contributed by atoms with Gasteiger partial charge in [0.15, 0.2) is 0 Å². The Morgan fingerprint density at radius 3 is 2.32 bits per heavy atom. The first kappa shape index (κ1) is 32.5.